The van der Waals surface area contributed by atoms with Crippen LogP contribution in [-0.2, 0) is 13.6 Å². The molecule has 5 rings (SSSR count). The molecule has 2 atom stereocenters. The van der Waals surface area contributed by atoms with Gasteiger partial charge in [-0.2, -0.15) is 0 Å². The third kappa shape index (κ3) is 3.21. The normalized spacial score (nSPS) is 19.4. The minimum Gasteiger partial charge on any atom is -0.391 e. The van der Waals surface area contributed by atoms with Gasteiger partial charge in [0.05, 0.1) is 22.8 Å². The zero-order valence-corrected chi connectivity index (χ0v) is 17.8. The minimum atomic E-state index is -0.546. The molecule has 160 valence electrons. The SMILES string of the molecule is CCn1c(-c2nc3cc(C(=O)N4CC[C@@H](O)[C@H](N)C4)ccc3n2C)cc2ccccc21. The molecule has 3 N–H and O–H groups in total. The number of aliphatic hydroxyl groups is 1. The van der Waals surface area contributed by atoms with E-state index in [4.69, 9.17) is 10.7 Å². The summed E-state index contributed by atoms with van der Waals surface area (Å²) in [7, 11) is 2.01. The van der Waals surface area contributed by atoms with E-state index in [1.807, 2.05) is 31.3 Å². The highest BCUT2D eigenvalue weighted by atomic mass is 16.3. The highest BCUT2D eigenvalue weighted by Crippen LogP contribution is 2.30. The molecule has 31 heavy (non-hydrogen) atoms. The lowest BCUT2D eigenvalue weighted by Gasteiger charge is -2.34. The molecule has 7 nitrogen and oxygen atoms in total. The zero-order chi connectivity index (χ0) is 21.7. The number of carbonyl (C=O) groups excluding carboxylic acids is 1. The molecule has 0 bridgehead atoms. The van der Waals surface area contributed by atoms with Crippen LogP contribution in [0.4, 0.5) is 0 Å². The van der Waals surface area contributed by atoms with E-state index in [0.717, 1.165) is 29.1 Å². The van der Waals surface area contributed by atoms with E-state index in [1.54, 1.807) is 4.90 Å². The van der Waals surface area contributed by atoms with E-state index in [1.165, 1.54) is 10.9 Å². The number of aliphatic hydroxyl groups excluding tert-OH is 1. The summed E-state index contributed by atoms with van der Waals surface area (Å²) in [5.41, 5.74) is 10.6. The van der Waals surface area contributed by atoms with Gasteiger partial charge in [0.25, 0.3) is 5.91 Å². The number of imidazole rings is 1. The van der Waals surface area contributed by atoms with Crippen LogP contribution in [0.5, 0.6) is 0 Å². The Bertz CT molecular complexity index is 1290. The summed E-state index contributed by atoms with van der Waals surface area (Å²) in [6.45, 7) is 3.85. The fourth-order valence-corrected chi connectivity index (χ4v) is 4.63. The average molecular weight is 418 g/mol. The molecular weight excluding hydrogens is 390 g/mol. The first-order valence-corrected chi connectivity index (χ1v) is 10.8. The van der Waals surface area contributed by atoms with Crippen molar-refractivity contribution in [1.29, 1.82) is 0 Å². The Morgan fingerprint density at radius 3 is 2.77 bits per heavy atom. The molecule has 0 aliphatic carbocycles. The van der Waals surface area contributed by atoms with Gasteiger partial charge in [-0.15, -0.1) is 0 Å². The highest BCUT2D eigenvalue weighted by molar-refractivity contribution is 5.98. The number of para-hydroxylation sites is 1. The number of hydrogen-bond donors (Lipinski definition) is 2. The molecule has 1 fully saturated rings. The highest BCUT2D eigenvalue weighted by Gasteiger charge is 2.28. The molecule has 0 radical (unpaired) electrons. The summed E-state index contributed by atoms with van der Waals surface area (Å²) in [5.74, 6) is 0.805. The van der Waals surface area contributed by atoms with Crippen LogP contribution in [0, 0.1) is 0 Å². The molecule has 1 amide bonds. The second-order valence-corrected chi connectivity index (χ2v) is 8.30. The first-order valence-electron chi connectivity index (χ1n) is 10.8. The van der Waals surface area contributed by atoms with Crippen LogP contribution in [0.25, 0.3) is 33.5 Å². The molecule has 1 aliphatic rings. The van der Waals surface area contributed by atoms with Gasteiger partial charge >= 0.3 is 0 Å². The van der Waals surface area contributed by atoms with Gasteiger partial charge in [-0.05, 0) is 43.7 Å². The number of nitrogens with two attached hydrogens (primary N) is 1. The predicted molar refractivity (Wildman–Crippen MR) is 122 cm³/mol. The molecule has 0 saturated carbocycles. The van der Waals surface area contributed by atoms with Crippen molar-refractivity contribution in [1.82, 2.24) is 19.0 Å². The number of aryl methyl sites for hydroxylation is 2. The summed E-state index contributed by atoms with van der Waals surface area (Å²) in [6, 6.07) is 15.8. The van der Waals surface area contributed by atoms with Crippen molar-refractivity contribution in [3.63, 3.8) is 0 Å². The Morgan fingerprint density at radius 1 is 1.19 bits per heavy atom. The maximum atomic E-state index is 13.0. The number of likely N-dealkylation sites (tertiary alicyclic amines) is 1. The van der Waals surface area contributed by atoms with Gasteiger partial charge in [0.2, 0.25) is 0 Å². The Hall–Kier alpha value is -3.16. The lowest BCUT2D eigenvalue weighted by molar-refractivity contribution is 0.0459. The summed E-state index contributed by atoms with van der Waals surface area (Å²) in [5, 5.41) is 11.0. The number of amides is 1. The van der Waals surface area contributed by atoms with E-state index in [-0.39, 0.29) is 5.91 Å². The van der Waals surface area contributed by atoms with Crippen LogP contribution >= 0.6 is 0 Å². The van der Waals surface area contributed by atoms with Crippen LogP contribution < -0.4 is 5.73 Å². The summed E-state index contributed by atoms with van der Waals surface area (Å²) >= 11 is 0. The zero-order valence-electron chi connectivity index (χ0n) is 17.8. The van der Waals surface area contributed by atoms with Crippen molar-refractivity contribution in [2.75, 3.05) is 13.1 Å². The lowest BCUT2D eigenvalue weighted by Crippen LogP contribution is -2.53. The molecule has 2 aromatic carbocycles. The van der Waals surface area contributed by atoms with Crippen molar-refractivity contribution in [3.8, 4) is 11.5 Å². The first-order chi connectivity index (χ1) is 15.0. The molecule has 1 aliphatic heterocycles. The number of carbonyl (C=O) groups is 1. The Balaban J connectivity index is 1.54. The number of benzene rings is 2. The Kier molecular flexibility index (Phi) is 4.79. The predicted octanol–water partition coefficient (Wildman–Crippen LogP) is 2.75. The van der Waals surface area contributed by atoms with E-state index < -0.39 is 12.1 Å². The number of hydrogen-bond acceptors (Lipinski definition) is 4. The smallest absolute Gasteiger partial charge is 0.253 e. The van der Waals surface area contributed by atoms with Gasteiger partial charge < -0.3 is 24.9 Å². The largest absolute Gasteiger partial charge is 0.391 e. The van der Waals surface area contributed by atoms with Gasteiger partial charge in [0.15, 0.2) is 5.82 Å². The van der Waals surface area contributed by atoms with E-state index in [2.05, 4.69) is 40.3 Å². The number of fused-ring (bicyclic) bond motifs is 2. The van der Waals surface area contributed by atoms with Crippen LogP contribution in [-0.4, -0.2) is 55.3 Å². The number of piperidine rings is 1. The molecule has 1 saturated heterocycles. The first kappa shape index (κ1) is 19.8. The van der Waals surface area contributed by atoms with Gasteiger partial charge in [0, 0.05) is 49.2 Å². The van der Waals surface area contributed by atoms with Crippen LogP contribution in [0.1, 0.15) is 23.7 Å². The van der Waals surface area contributed by atoms with Gasteiger partial charge in [-0.1, -0.05) is 18.2 Å². The maximum Gasteiger partial charge on any atom is 0.253 e. The summed E-state index contributed by atoms with van der Waals surface area (Å²) < 4.78 is 4.35. The second kappa shape index (κ2) is 7.51. The average Bonchev–Trinajstić information content (AvgIpc) is 3.32. The minimum absolute atomic E-state index is 0.0703. The Morgan fingerprint density at radius 2 is 2.00 bits per heavy atom. The molecule has 0 unspecified atom stereocenters. The summed E-state index contributed by atoms with van der Waals surface area (Å²) in [6.07, 6.45) is -0.0417. The van der Waals surface area contributed by atoms with E-state index in [9.17, 15) is 9.90 Å². The molecule has 4 aromatic rings. The van der Waals surface area contributed by atoms with Crippen molar-refractivity contribution >= 4 is 27.8 Å². The van der Waals surface area contributed by atoms with Crippen LogP contribution in [0.2, 0.25) is 0 Å². The van der Waals surface area contributed by atoms with Crippen LogP contribution in [0.3, 0.4) is 0 Å². The number of rotatable bonds is 3. The standard InChI is InChI=1S/C24H27N5O2/c1-3-29-19-7-5-4-6-15(19)13-21(29)23-26-18-12-16(8-9-20(18)27(23)2)24(31)28-11-10-22(30)17(25)14-28/h4-9,12-13,17,22,30H,3,10-11,14,25H2,1-2H3/t17-,22-/m1/s1. The van der Waals surface area contributed by atoms with E-state index in [0.29, 0.717) is 25.1 Å². The van der Waals surface area contributed by atoms with Crippen molar-refractivity contribution in [3.05, 3.63) is 54.1 Å². The van der Waals surface area contributed by atoms with E-state index >= 15 is 0 Å². The molecule has 3 heterocycles. The van der Waals surface area contributed by atoms with Gasteiger partial charge in [-0.3, -0.25) is 4.79 Å². The number of aromatic nitrogens is 3. The van der Waals surface area contributed by atoms with Crippen LogP contribution in [0.15, 0.2) is 48.5 Å². The maximum absolute atomic E-state index is 13.0. The topological polar surface area (TPSA) is 89.3 Å². The van der Waals surface area contributed by atoms with Gasteiger partial charge in [-0.25, -0.2) is 4.98 Å². The summed E-state index contributed by atoms with van der Waals surface area (Å²) in [4.78, 5) is 19.7. The number of nitrogens with zero attached hydrogens (tertiary/aromatic N) is 4. The fraction of sp³-hybridized carbons (Fsp3) is 0.333. The fourth-order valence-electron chi connectivity index (χ4n) is 4.63. The second-order valence-electron chi connectivity index (χ2n) is 8.30. The quantitative estimate of drug-likeness (QED) is 0.536. The molecular formula is C24H27N5O2. The molecule has 0 spiro atoms. The van der Waals surface area contributed by atoms with Crippen molar-refractivity contribution in [2.45, 2.75) is 32.0 Å². The monoisotopic (exact) mass is 417 g/mol. The molecule has 2 aromatic heterocycles. The van der Waals surface area contributed by atoms with Gasteiger partial charge in [0.1, 0.15) is 0 Å². The third-order valence-corrected chi connectivity index (χ3v) is 6.39. The third-order valence-electron chi connectivity index (χ3n) is 6.39. The Labute approximate surface area is 180 Å². The van der Waals surface area contributed by atoms with Crippen molar-refractivity contribution in [2.24, 2.45) is 12.8 Å². The lowest BCUT2D eigenvalue weighted by atomic mass is 10.0. The molecule has 7 heteroatoms. The van der Waals surface area contributed by atoms with Crippen molar-refractivity contribution < 1.29 is 9.90 Å².